The van der Waals surface area contributed by atoms with Gasteiger partial charge in [0.05, 0.1) is 19.8 Å². The number of hydrogen-bond donors (Lipinski definition) is 9. The molecule has 2 fully saturated rings. The van der Waals surface area contributed by atoms with Gasteiger partial charge in [0, 0.05) is 6.42 Å². The second-order valence-electron chi connectivity index (χ2n) is 6.91. The largest absolute Gasteiger partial charge is 0.600 e. The first-order valence-electron chi connectivity index (χ1n) is 9.12. The minimum absolute atomic E-state index is 0.0862. The lowest BCUT2D eigenvalue weighted by Crippen LogP contribution is -3.04. The maximum atomic E-state index is 10.5. The Bertz CT molecular complexity index is 483. The summed E-state index contributed by atoms with van der Waals surface area (Å²) < 4.78 is 21.0. The highest BCUT2D eigenvalue weighted by atomic mass is 16.8. The van der Waals surface area contributed by atoms with Crippen molar-refractivity contribution in [3.63, 3.8) is 0 Å². The van der Waals surface area contributed by atoms with Gasteiger partial charge in [-0.25, -0.2) is 10.4 Å². The molecule has 29 heavy (non-hydrogen) atoms. The van der Waals surface area contributed by atoms with Crippen LogP contribution in [0.4, 0.5) is 0 Å². The average molecular weight is 431 g/mol. The van der Waals surface area contributed by atoms with E-state index in [4.69, 9.17) is 29.3 Å². The minimum Gasteiger partial charge on any atom is -0.600 e. The predicted octanol–water partition coefficient (Wildman–Crippen LogP) is -6.21. The normalized spacial score (nSPS) is 44.6. The third kappa shape index (κ3) is 6.22. The first-order valence-corrected chi connectivity index (χ1v) is 9.12. The summed E-state index contributed by atoms with van der Waals surface area (Å²) in [6, 6.07) is 0. The Hall–Kier alpha value is -0.560. The van der Waals surface area contributed by atoms with E-state index in [9.17, 15) is 35.8 Å². The highest BCUT2D eigenvalue weighted by molar-refractivity contribution is 4.91. The Morgan fingerprint density at radius 3 is 1.83 bits per heavy atom. The SMILES string of the molecule is [O-][NH+](O)CCCO[C@@H]1O[C@H](CO[C@@H]2O[C@H](CO)[C@@H](O)[C@H](O)[C@H]2O)[C@@H](O)[C@H](O)[C@H]1O. The van der Waals surface area contributed by atoms with Crippen LogP contribution in [-0.4, -0.2) is 129 Å². The number of nitrogens with one attached hydrogen (secondary N) is 1. The summed E-state index contributed by atoms with van der Waals surface area (Å²) in [6.45, 7) is -1.37. The predicted molar refractivity (Wildman–Crippen MR) is 88.0 cm³/mol. The van der Waals surface area contributed by atoms with Crippen molar-refractivity contribution in [3.05, 3.63) is 5.21 Å². The molecule has 0 aromatic carbocycles. The zero-order valence-corrected chi connectivity index (χ0v) is 15.4. The molecule has 0 aromatic rings. The summed E-state index contributed by atoms with van der Waals surface area (Å²) in [5.41, 5.74) is 0. The molecule has 14 nitrogen and oxygen atoms in total. The molecular weight excluding hydrogens is 402 g/mol. The van der Waals surface area contributed by atoms with E-state index in [0.29, 0.717) is 0 Å². The molecule has 0 aliphatic carbocycles. The Morgan fingerprint density at radius 2 is 1.28 bits per heavy atom. The van der Waals surface area contributed by atoms with Gasteiger partial charge >= 0.3 is 0 Å². The average Bonchev–Trinajstić information content (AvgIpc) is 2.69. The highest BCUT2D eigenvalue weighted by Crippen LogP contribution is 2.25. The lowest BCUT2D eigenvalue weighted by molar-refractivity contribution is -1.05. The standard InChI is InChI=1S/C15H29NO13/c17-4-6-8(18)10(20)13(23)15(28-6)27-5-7-9(19)11(21)12(22)14(29-7)26-3-1-2-16(24)25/h6-24H,1-5H2/t6-,7-,8-,9-,10+,11+,12-,13-,14-,15-/m1/s1. The molecule has 0 spiro atoms. The van der Waals surface area contributed by atoms with Crippen LogP contribution >= 0.6 is 0 Å². The molecule has 2 aliphatic rings. The Balaban J connectivity index is 1.91. The third-order valence-electron chi connectivity index (χ3n) is 4.76. The van der Waals surface area contributed by atoms with Crippen LogP contribution in [0, 0.1) is 5.21 Å². The topological polar surface area (TPSA) is 226 Å². The number of ether oxygens (including phenoxy) is 4. The highest BCUT2D eigenvalue weighted by Gasteiger charge is 2.47. The second-order valence-corrected chi connectivity index (χ2v) is 6.91. The Morgan fingerprint density at radius 1 is 0.759 bits per heavy atom. The van der Waals surface area contributed by atoms with Crippen molar-refractivity contribution in [1.29, 1.82) is 0 Å². The van der Waals surface area contributed by atoms with E-state index >= 15 is 0 Å². The molecular formula is C15H29NO13. The zero-order valence-electron chi connectivity index (χ0n) is 15.4. The summed E-state index contributed by atoms with van der Waals surface area (Å²) in [7, 11) is 0. The van der Waals surface area contributed by atoms with Crippen LogP contribution in [0.2, 0.25) is 0 Å². The van der Waals surface area contributed by atoms with E-state index in [1.807, 2.05) is 0 Å². The van der Waals surface area contributed by atoms with Crippen molar-refractivity contribution in [3.8, 4) is 0 Å². The van der Waals surface area contributed by atoms with Crippen LogP contribution in [0.3, 0.4) is 0 Å². The Labute approximate surface area is 165 Å². The summed E-state index contributed by atoms with van der Waals surface area (Å²) in [5, 5.41) is 86.7. The van der Waals surface area contributed by atoms with Gasteiger partial charge < -0.3 is 59.9 Å². The molecule has 9 N–H and O–H groups in total. The first kappa shape index (κ1) is 24.7. The molecule has 2 saturated heterocycles. The molecule has 11 atom stereocenters. The molecule has 2 rings (SSSR count). The maximum absolute atomic E-state index is 10.5. The van der Waals surface area contributed by atoms with Crippen LogP contribution in [0.5, 0.6) is 0 Å². The molecule has 14 heteroatoms. The van der Waals surface area contributed by atoms with Crippen molar-refractivity contribution >= 4 is 0 Å². The quantitative estimate of drug-likeness (QED) is 0.122. The molecule has 0 radical (unpaired) electrons. The number of quaternary nitrogens is 1. The fourth-order valence-electron chi connectivity index (χ4n) is 3.01. The molecule has 2 heterocycles. The molecule has 1 unspecified atom stereocenters. The molecule has 2 aliphatic heterocycles. The Kier molecular flexibility index (Phi) is 9.52. The summed E-state index contributed by atoms with van der Waals surface area (Å²) in [4.78, 5) is 0. The van der Waals surface area contributed by atoms with Crippen molar-refractivity contribution in [2.75, 3.05) is 26.4 Å². The van der Waals surface area contributed by atoms with Crippen molar-refractivity contribution in [1.82, 2.24) is 0 Å². The van der Waals surface area contributed by atoms with Crippen LogP contribution in [0.25, 0.3) is 0 Å². The molecule has 0 aromatic heterocycles. The van der Waals surface area contributed by atoms with E-state index in [-0.39, 0.29) is 19.6 Å². The fourth-order valence-corrected chi connectivity index (χ4v) is 3.01. The van der Waals surface area contributed by atoms with Gasteiger partial charge in [0.2, 0.25) is 0 Å². The molecule has 0 bridgehead atoms. The van der Waals surface area contributed by atoms with Gasteiger partial charge in [-0.2, -0.15) is 0 Å². The van der Waals surface area contributed by atoms with E-state index in [0.717, 1.165) is 0 Å². The lowest BCUT2D eigenvalue weighted by Gasteiger charge is -2.42. The number of hydroxylamine groups is 2. The van der Waals surface area contributed by atoms with Gasteiger partial charge in [-0.05, 0) is 0 Å². The van der Waals surface area contributed by atoms with E-state index in [1.54, 1.807) is 0 Å². The second kappa shape index (κ2) is 11.2. The van der Waals surface area contributed by atoms with E-state index in [1.165, 1.54) is 0 Å². The smallest absolute Gasteiger partial charge is 0.186 e. The fraction of sp³-hybridized carbons (Fsp3) is 1.00. The zero-order chi connectivity index (χ0) is 21.7. The number of rotatable bonds is 9. The molecule has 0 amide bonds. The summed E-state index contributed by atoms with van der Waals surface area (Å²) >= 11 is 0. The number of aliphatic hydroxyl groups is 7. The van der Waals surface area contributed by atoms with Gasteiger partial charge in [0.25, 0.3) is 0 Å². The monoisotopic (exact) mass is 431 g/mol. The summed E-state index contributed by atoms with van der Waals surface area (Å²) in [6.07, 6.45) is -14.8. The third-order valence-corrected chi connectivity index (χ3v) is 4.76. The first-order chi connectivity index (χ1) is 13.7. The van der Waals surface area contributed by atoms with Crippen LogP contribution in [-0.2, 0) is 18.9 Å². The van der Waals surface area contributed by atoms with Gasteiger partial charge in [-0.1, -0.05) is 0 Å². The van der Waals surface area contributed by atoms with E-state index < -0.39 is 79.9 Å². The van der Waals surface area contributed by atoms with Gasteiger partial charge in [0.1, 0.15) is 55.4 Å². The molecule has 0 saturated carbocycles. The number of aliphatic hydroxyl groups excluding tert-OH is 7. The van der Waals surface area contributed by atoms with Gasteiger partial charge in [-0.3, -0.25) is 0 Å². The van der Waals surface area contributed by atoms with Crippen molar-refractivity contribution in [2.45, 2.75) is 67.8 Å². The van der Waals surface area contributed by atoms with Crippen LogP contribution in [0.15, 0.2) is 0 Å². The minimum atomic E-state index is -1.66. The summed E-state index contributed by atoms with van der Waals surface area (Å²) in [5.74, 6) is 0. The van der Waals surface area contributed by atoms with Gasteiger partial charge in [-0.15, -0.1) is 0 Å². The molecule has 172 valence electrons. The van der Waals surface area contributed by atoms with Crippen LogP contribution < -0.4 is 5.23 Å². The van der Waals surface area contributed by atoms with Crippen LogP contribution in [0.1, 0.15) is 6.42 Å². The number of hydrogen-bond acceptors (Lipinski definition) is 13. The van der Waals surface area contributed by atoms with E-state index in [2.05, 4.69) is 0 Å². The van der Waals surface area contributed by atoms with Crippen molar-refractivity contribution in [2.24, 2.45) is 0 Å². The van der Waals surface area contributed by atoms with Gasteiger partial charge in [0.15, 0.2) is 12.6 Å². The maximum Gasteiger partial charge on any atom is 0.186 e. The van der Waals surface area contributed by atoms with Crippen molar-refractivity contribution < 1.29 is 65.1 Å². The lowest BCUT2D eigenvalue weighted by atomic mass is 9.98.